The zero-order valence-corrected chi connectivity index (χ0v) is 13.3. The molecule has 1 heterocycles. The Labute approximate surface area is 123 Å². The number of nitrogens with two attached hydrogens (primary N) is 1. The van der Waals surface area contributed by atoms with Gasteiger partial charge in [0.2, 0.25) is 0 Å². The van der Waals surface area contributed by atoms with Crippen LogP contribution in [-0.4, -0.2) is 9.97 Å². The van der Waals surface area contributed by atoms with Gasteiger partial charge in [0.05, 0.1) is 10.2 Å². The monoisotopic (exact) mass is 369 g/mol. The van der Waals surface area contributed by atoms with Crippen LogP contribution in [0.4, 0.5) is 5.82 Å². The molecule has 3 nitrogen and oxygen atoms in total. The van der Waals surface area contributed by atoms with Gasteiger partial charge < -0.3 is 5.73 Å². The summed E-state index contributed by atoms with van der Waals surface area (Å²) in [6.07, 6.45) is 0. The van der Waals surface area contributed by atoms with Crippen LogP contribution < -0.4 is 5.73 Å². The molecule has 1 aromatic carbocycles. The quantitative estimate of drug-likeness (QED) is 0.853. The van der Waals surface area contributed by atoms with Gasteiger partial charge in [-0.05, 0) is 27.9 Å². The smallest absolute Gasteiger partial charge is 0.162 e. The van der Waals surface area contributed by atoms with E-state index in [1.807, 2.05) is 24.3 Å². The summed E-state index contributed by atoms with van der Waals surface area (Å²) in [5, 5.41) is 0. The van der Waals surface area contributed by atoms with Crippen molar-refractivity contribution in [3.63, 3.8) is 0 Å². The molecule has 0 saturated heterocycles. The number of rotatable bonds is 2. The van der Waals surface area contributed by atoms with E-state index in [1.165, 1.54) is 0 Å². The molecule has 0 bridgehead atoms. The summed E-state index contributed by atoms with van der Waals surface area (Å²) >= 11 is 6.95. The van der Waals surface area contributed by atoms with Gasteiger partial charge in [0.25, 0.3) is 0 Å². The number of benzene rings is 1. The fourth-order valence-electron chi connectivity index (χ4n) is 1.63. The summed E-state index contributed by atoms with van der Waals surface area (Å²) in [7, 11) is 0. The van der Waals surface area contributed by atoms with Crippen LogP contribution >= 0.6 is 31.9 Å². The fraction of sp³-hybridized carbons (Fsp3) is 0.231. The summed E-state index contributed by atoms with van der Waals surface area (Å²) in [6.45, 7) is 4.16. The molecular formula is C13H13Br2N3. The summed E-state index contributed by atoms with van der Waals surface area (Å²) < 4.78 is 1.75. The van der Waals surface area contributed by atoms with Gasteiger partial charge in [-0.3, -0.25) is 0 Å². The second-order valence-corrected chi connectivity index (χ2v) is 5.91. The first-order valence-corrected chi connectivity index (χ1v) is 7.17. The van der Waals surface area contributed by atoms with E-state index in [0.29, 0.717) is 11.6 Å². The van der Waals surface area contributed by atoms with E-state index in [9.17, 15) is 0 Å². The molecule has 0 saturated carbocycles. The molecule has 0 unspecified atom stereocenters. The fourth-order valence-corrected chi connectivity index (χ4v) is 2.73. The maximum Gasteiger partial charge on any atom is 0.162 e. The molecule has 0 aliphatic carbocycles. The van der Waals surface area contributed by atoms with Crippen LogP contribution in [0.1, 0.15) is 25.5 Å². The molecule has 18 heavy (non-hydrogen) atoms. The van der Waals surface area contributed by atoms with Crippen molar-refractivity contribution in [1.29, 1.82) is 0 Å². The predicted molar refractivity (Wildman–Crippen MR) is 81.4 cm³/mol. The van der Waals surface area contributed by atoms with Gasteiger partial charge in [0.15, 0.2) is 5.82 Å². The highest BCUT2D eigenvalue weighted by atomic mass is 79.9. The third-order valence-corrected chi connectivity index (χ3v) is 4.07. The zero-order chi connectivity index (χ0) is 13.3. The van der Waals surface area contributed by atoms with E-state index in [-0.39, 0.29) is 5.92 Å². The van der Waals surface area contributed by atoms with Crippen molar-refractivity contribution in [3.05, 3.63) is 38.9 Å². The Balaban J connectivity index is 2.63. The van der Waals surface area contributed by atoms with E-state index in [0.717, 1.165) is 20.2 Å². The normalized spacial score (nSPS) is 10.9. The first-order valence-electron chi connectivity index (χ1n) is 5.58. The van der Waals surface area contributed by atoms with Crippen molar-refractivity contribution >= 4 is 37.7 Å². The highest BCUT2D eigenvalue weighted by Crippen LogP contribution is 2.32. The van der Waals surface area contributed by atoms with E-state index >= 15 is 0 Å². The average molecular weight is 371 g/mol. The highest BCUT2D eigenvalue weighted by Gasteiger charge is 2.15. The standard InChI is InChI=1S/C13H13Br2N3/c1-7(2)11-10(15)12(16)18-13(17-11)8-5-3-4-6-9(8)14/h3-7H,1-2H3,(H2,16,17,18). The van der Waals surface area contributed by atoms with Crippen molar-refractivity contribution in [2.24, 2.45) is 0 Å². The molecule has 5 heteroatoms. The third-order valence-electron chi connectivity index (χ3n) is 2.56. The number of nitrogen functional groups attached to an aromatic ring is 1. The lowest BCUT2D eigenvalue weighted by Crippen LogP contribution is -2.04. The molecule has 94 valence electrons. The van der Waals surface area contributed by atoms with Crippen molar-refractivity contribution in [2.45, 2.75) is 19.8 Å². The van der Waals surface area contributed by atoms with Crippen LogP contribution in [0, 0.1) is 0 Å². The van der Waals surface area contributed by atoms with Gasteiger partial charge >= 0.3 is 0 Å². The molecule has 1 aromatic heterocycles. The molecule has 2 rings (SSSR count). The topological polar surface area (TPSA) is 51.8 Å². The Bertz CT molecular complexity index is 582. The van der Waals surface area contributed by atoms with E-state index < -0.39 is 0 Å². The molecule has 0 aliphatic heterocycles. The lowest BCUT2D eigenvalue weighted by molar-refractivity contribution is 0.811. The van der Waals surface area contributed by atoms with Crippen LogP contribution in [0.5, 0.6) is 0 Å². The first-order chi connectivity index (χ1) is 8.50. The van der Waals surface area contributed by atoms with Crippen LogP contribution in [0.25, 0.3) is 11.4 Å². The van der Waals surface area contributed by atoms with Gasteiger partial charge in [-0.2, -0.15) is 0 Å². The average Bonchev–Trinajstić information content (AvgIpc) is 2.33. The maximum atomic E-state index is 5.93. The van der Waals surface area contributed by atoms with Gasteiger partial charge in [-0.1, -0.05) is 48.0 Å². The Morgan fingerprint density at radius 1 is 1.11 bits per heavy atom. The van der Waals surface area contributed by atoms with Gasteiger partial charge in [0, 0.05) is 10.0 Å². The Morgan fingerprint density at radius 2 is 1.78 bits per heavy atom. The second kappa shape index (κ2) is 5.36. The number of hydrogen-bond donors (Lipinski definition) is 1. The second-order valence-electron chi connectivity index (χ2n) is 4.27. The predicted octanol–water partition coefficient (Wildman–Crippen LogP) is 4.37. The van der Waals surface area contributed by atoms with Gasteiger partial charge in [0.1, 0.15) is 5.82 Å². The van der Waals surface area contributed by atoms with Crippen LogP contribution in [0.3, 0.4) is 0 Å². The Hall–Kier alpha value is -0.940. The van der Waals surface area contributed by atoms with Crippen LogP contribution in [0.2, 0.25) is 0 Å². The minimum absolute atomic E-state index is 0.283. The Morgan fingerprint density at radius 3 is 2.39 bits per heavy atom. The molecule has 0 radical (unpaired) electrons. The van der Waals surface area contributed by atoms with Crippen molar-refractivity contribution in [2.75, 3.05) is 5.73 Å². The van der Waals surface area contributed by atoms with E-state index in [2.05, 4.69) is 55.7 Å². The molecule has 0 spiro atoms. The molecule has 0 atom stereocenters. The maximum absolute atomic E-state index is 5.93. The van der Waals surface area contributed by atoms with Crippen molar-refractivity contribution in [1.82, 2.24) is 9.97 Å². The van der Waals surface area contributed by atoms with Gasteiger partial charge in [-0.15, -0.1) is 0 Å². The summed E-state index contributed by atoms with van der Waals surface area (Å²) in [5.74, 6) is 1.40. The largest absolute Gasteiger partial charge is 0.383 e. The summed E-state index contributed by atoms with van der Waals surface area (Å²) in [6, 6.07) is 7.85. The summed E-state index contributed by atoms with van der Waals surface area (Å²) in [5.41, 5.74) is 7.80. The lowest BCUT2D eigenvalue weighted by atomic mass is 10.1. The van der Waals surface area contributed by atoms with Crippen molar-refractivity contribution < 1.29 is 0 Å². The van der Waals surface area contributed by atoms with Crippen molar-refractivity contribution in [3.8, 4) is 11.4 Å². The Kier molecular flexibility index (Phi) is 4.02. The van der Waals surface area contributed by atoms with E-state index in [1.54, 1.807) is 0 Å². The first kappa shape index (κ1) is 13.5. The van der Waals surface area contributed by atoms with E-state index in [4.69, 9.17) is 5.73 Å². The molecule has 0 aliphatic rings. The molecule has 0 fully saturated rings. The number of anilines is 1. The highest BCUT2D eigenvalue weighted by molar-refractivity contribution is 9.11. The minimum atomic E-state index is 0.283. The molecule has 2 N–H and O–H groups in total. The number of nitrogens with zero attached hydrogens (tertiary/aromatic N) is 2. The van der Waals surface area contributed by atoms with Gasteiger partial charge in [-0.25, -0.2) is 9.97 Å². The van der Waals surface area contributed by atoms with Crippen LogP contribution in [-0.2, 0) is 0 Å². The number of halogens is 2. The lowest BCUT2D eigenvalue weighted by Gasteiger charge is -2.12. The minimum Gasteiger partial charge on any atom is -0.383 e. The third kappa shape index (κ3) is 2.57. The SMILES string of the molecule is CC(C)c1nc(-c2ccccc2Br)nc(N)c1Br. The molecule has 0 amide bonds. The zero-order valence-electron chi connectivity index (χ0n) is 10.1. The summed E-state index contributed by atoms with van der Waals surface area (Å²) in [4.78, 5) is 8.93. The molecular weight excluding hydrogens is 358 g/mol. The number of aromatic nitrogens is 2. The number of hydrogen-bond acceptors (Lipinski definition) is 3. The van der Waals surface area contributed by atoms with Crippen LogP contribution in [0.15, 0.2) is 33.2 Å². The molecule has 2 aromatic rings.